The van der Waals surface area contributed by atoms with Gasteiger partial charge >= 0.3 is 0 Å². The van der Waals surface area contributed by atoms with E-state index in [1.807, 2.05) is 17.9 Å². The number of hydrogen-bond donors (Lipinski definition) is 0. The molecule has 1 heterocycles. The van der Waals surface area contributed by atoms with Gasteiger partial charge in [-0.2, -0.15) is 0 Å². The first-order valence-corrected chi connectivity index (χ1v) is 14.4. The van der Waals surface area contributed by atoms with E-state index in [0.717, 1.165) is 25.5 Å². The Balaban J connectivity index is 1.51. The number of rotatable bonds is 9. The van der Waals surface area contributed by atoms with Gasteiger partial charge in [0.1, 0.15) is 11.6 Å². The predicted molar refractivity (Wildman–Crippen MR) is 144 cm³/mol. The minimum Gasteiger partial charge on any atom is -0.494 e. The zero-order valence-electron chi connectivity index (χ0n) is 21.3. The molecule has 3 aromatic rings. The first-order chi connectivity index (χ1) is 17.7. The summed E-state index contributed by atoms with van der Waals surface area (Å²) in [5.74, 6) is 0.528. The summed E-state index contributed by atoms with van der Waals surface area (Å²) >= 11 is 0. The summed E-state index contributed by atoms with van der Waals surface area (Å²) in [5, 5.41) is 0. The second kappa shape index (κ2) is 11.8. The second-order valence-corrected chi connectivity index (χ2v) is 11.3. The molecule has 0 atom stereocenters. The fourth-order valence-electron chi connectivity index (χ4n) is 4.76. The molecular formula is C29H33FN2O4S. The monoisotopic (exact) mass is 524 g/mol. The first kappa shape index (κ1) is 26.7. The van der Waals surface area contributed by atoms with Crippen molar-refractivity contribution in [3.05, 3.63) is 95.3 Å². The highest BCUT2D eigenvalue weighted by Gasteiger charge is 2.26. The highest BCUT2D eigenvalue weighted by molar-refractivity contribution is 7.92. The van der Waals surface area contributed by atoms with Crippen molar-refractivity contribution in [1.29, 1.82) is 0 Å². The van der Waals surface area contributed by atoms with Crippen molar-refractivity contribution in [2.75, 3.05) is 30.3 Å². The van der Waals surface area contributed by atoms with E-state index < -0.39 is 15.8 Å². The Morgan fingerprint density at radius 2 is 1.70 bits per heavy atom. The van der Waals surface area contributed by atoms with E-state index in [9.17, 15) is 17.6 Å². The lowest BCUT2D eigenvalue weighted by atomic mass is 9.90. The molecule has 6 nitrogen and oxygen atoms in total. The smallest absolute Gasteiger partial charge is 0.253 e. The molecule has 1 saturated heterocycles. The van der Waals surface area contributed by atoms with E-state index in [0.29, 0.717) is 48.2 Å². The van der Waals surface area contributed by atoms with E-state index >= 15 is 0 Å². The Morgan fingerprint density at radius 1 is 1.03 bits per heavy atom. The molecule has 8 heteroatoms. The summed E-state index contributed by atoms with van der Waals surface area (Å²) in [4.78, 5) is 15.3. The SMILES string of the molecule is CCOc1ccc(C(=O)N2CCC(Cc3ccccc3)CC2)cc1CN(c1ccc(F)cc1)S(C)(=O)=O. The fraction of sp³-hybridized carbons (Fsp3) is 0.345. The normalized spacial score (nSPS) is 14.4. The van der Waals surface area contributed by atoms with E-state index in [1.165, 1.54) is 34.1 Å². The average molecular weight is 525 g/mol. The number of carbonyl (C=O) groups excluding carboxylic acids is 1. The van der Waals surface area contributed by atoms with Crippen molar-refractivity contribution >= 4 is 21.6 Å². The van der Waals surface area contributed by atoms with Crippen molar-refractivity contribution < 1.29 is 22.3 Å². The van der Waals surface area contributed by atoms with Gasteiger partial charge < -0.3 is 9.64 Å². The van der Waals surface area contributed by atoms with E-state index in [2.05, 4.69) is 24.3 Å². The number of ether oxygens (including phenoxy) is 1. The molecule has 0 aromatic heterocycles. The minimum absolute atomic E-state index is 0.0416. The van der Waals surface area contributed by atoms with Gasteiger partial charge in [0.05, 0.1) is 25.1 Å². The Labute approximate surface area is 218 Å². The quantitative estimate of drug-likeness (QED) is 0.382. The lowest BCUT2D eigenvalue weighted by Gasteiger charge is -2.32. The van der Waals surface area contributed by atoms with Crippen LogP contribution in [0.25, 0.3) is 0 Å². The summed E-state index contributed by atoms with van der Waals surface area (Å²) in [6, 6.07) is 20.9. The third kappa shape index (κ3) is 6.89. The molecular weight excluding hydrogens is 491 g/mol. The highest BCUT2D eigenvalue weighted by atomic mass is 32.2. The summed E-state index contributed by atoms with van der Waals surface area (Å²) < 4.78 is 45.7. The van der Waals surface area contributed by atoms with Crippen LogP contribution in [-0.4, -0.2) is 45.2 Å². The van der Waals surface area contributed by atoms with Crippen molar-refractivity contribution in [3.8, 4) is 5.75 Å². The van der Waals surface area contributed by atoms with E-state index in [-0.39, 0.29) is 12.5 Å². The number of hydrogen-bond acceptors (Lipinski definition) is 4. The van der Waals surface area contributed by atoms with Crippen LogP contribution in [0.5, 0.6) is 5.75 Å². The number of halogens is 1. The molecule has 0 aliphatic carbocycles. The van der Waals surface area contributed by atoms with Gasteiger partial charge in [0.15, 0.2) is 0 Å². The molecule has 1 amide bonds. The lowest BCUT2D eigenvalue weighted by Crippen LogP contribution is -2.39. The van der Waals surface area contributed by atoms with Crippen molar-refractivity contribution in [1.82, 2.24) is 4.90 Å². The molecule has 3 aromatic carbocycles. The predicted octanol–water partition coefficient (Wildman–Crippen LogP) is 5.29. The van der Waals surface area contributed by atoms with Crippen LogP contribution in [0.4, 0.5) is 10.1 Å². The Bertz CT molecular complexity index is 1310. The molecule has 0 spiro atoms. The van der Waals surface area contributed by atoms with Crippen LogP contribution < -0.4 is 9.04 Å². The number of likely N-dealkylation sites (tertiary alicyclic amines) is 1. The molecule has 0 N–H and O–H groups in total. The van der Waals surface area contributed by atoms with Gasteiger partial charge in [0.25, 0.3) is 5.91 Å². The van der Waals surface area contributed by atoms with Gasteiger partial charge in [0, 0.05) is 24.2 Å². The topological polar surface area (TPSA) is 66.9 Å². The summed E-state index contributed by atoms with van der Waals surface area (Å²) in [7, 11) is -3.69. The van der Waals surface area contributed by atoms with E-state index in [1.54, 1.807) is 18.2 Å². The molecule has 1 aliphatic rings. The van der Waals surface area contributed by atoms with Gasteiger partial charge in [-0.1, -0.05) is 30.3 Å². The molecule has 0 radical (unpaired) electrons. The van der Waals surface area contributed by atoms with Crippen LogP contribution in [0.3, 0.4) is 0 Å². The number of anilines is 1. The molecule has 0 saturated carbocycles. The molecule has 4 rings (SSSR count). The third-order valence-corrected chi connectivity index (χ3v) is 7.85. The number of amides is 1. The third-order valence-electron chi connectivity index (χ3n) is 6.71. The minimum atomic E-state index is -3.69. The van der Waals surface area contributed by atoms with Gasteiger partial charge in [-0.25, -0.2) is 12.8 Å². The van der Waals surface area contributed by atoms with Crippen LogP contribution in [0.1, 0.15) is 41.3 Å². The van der Waals surface area contributed by atoms with Crippen molar-refractivity contribution in [2.45, 2.75) is 32.7 Å². The number of piperidine rings is 1. The van der Waals surface area contributed by atoms with Gasteiger partial charge in [-0.15, -0.1) is 0 Å². The van der Waals surface area contributed by atoms with Crippen LogP contribution in [0.15, 0.2) is 72.8 Å². The Morgan fingerprint density at radius 3 is 2.32 bits per heavy atom. The maximum Gasteiger partial charge on any atom is 0.253 e. The number of sulfonamides is 1. The van der Waals surface area contributed by atoms with Gasteiger partial charge in [-0.3, -0.25) is 9.10 Å². The Kier molecular flexibility index (Phi) is 8.48. The molecule has 1 aliphatic heterocycles. The van der Waals surface area contributed by atoms with Crippen LogP contribution in [0, 0.1) is 11.7 Å². The zero-order valence-corrected chi connectivity index (χ0v) is 22.1. The van der Waals surface area contributed by atoms with Crippen LogP contribution in [-0.2, 0) is 23.0 Å². The van der Waals surface area contributed by atoms with Crippen LogP contribution >= 0.6 is 0 Å². The number of benzene rings is 3. The summed E-state index contributed by atoms with van der Waals surface area (Å²) in [6.45, 7) is 3.56. The molecule has 0 bridgehead atoms. The molecule has 37 heavy (non-hydrogen) atoms. The Hall–Kier alpha value is -3.39. The molecule has 196 valence electrons. The summed E-state index contributed by atoms with van der Waals surface area (Å²) in [6.07, 6.45) is 4.00. The average Bonchev–Trinajstić information content (AvgIpc) is 2.89. The van der Waals surface area contributed by atoms with Crippen molar-refractivity contribution in [2.24, 2.45) is 5.92 Å². The molecule has 1 fully saturated rings. The summed E-state index contributed by atoms with van der Waals surface area (Å²) in [5.41, 5.74) is 2.72. The second-order valence-electron chi connectivity index (χ2n) is 9.43. The number of nitrogens with zero attached hydrogens (tertiary/aromatic N) is 2. The molecule has 0 unspecified atom stereocenters. The van der Waals surface area contributed by atoms with Gasteiger partial charge in [0.2, 0.25) is 10.0 Å². The van der Waals surface area contributed by atoms with Crippen LogP contribution in [0.2, 0.25) is 0 Å². The lowest BCUT2D eigenvalue weighted by molar-refractivity contribution is 0.0690. The zero-order chi connectivity index (χ0) is 26.4. The first-order valence-electron chi connectivity index (χ1n) is 12.6. The fourth-order valence-corrected chi connectivity index (χ4v) is 5.64. The number of carbonyl (C=O) groups is 1. The largest absolute Gasteiger partial charge is 0.494 e. The maximum absolute atomic E-state index is 13.5. The van der Waals surface area contributed by atoms with Crippen molar-refractivity contribution in [3.63, 3.8) is 0 Å². The van der Waals surface area contributed by atoms with Gasteiger partial charge in [-0.05, 0) is 80.1 Å². The van der Waals surface area contributed by atoms with E-state index in [4.69, 9.17) is 4.74 Å². The highest BCUT2D eigenvalue weighted by Crippen LogP contribution is 2.29. The maximum atomic E-state index is 13.5. The standard InChI is InChI=1S/C29H33FN2O4S/c1-3-36-28-14-9-24(20-25(28)21-32(37(2,34)35)27-12-10-26(30)11-13-27)29(33)31-17-15-23(16-18-31)19-22-7-5-4-6-8-22/h4-14,20,23H,3,15-19,21H2,1-2H3.